The Hall–Kier alpha value is -3.18. The number of nitrogens with one attached hydrogen (secondary N) is 1. The van der Waals surface area contributed by atoms with Crippen molar-refractivity contribution >= 4 is 11.7 Å². The summed E-state index contributed by atoms with van der Waals surface area (Å²) in [7, 11) is 0. The highest BCUT2D eigenvalue weighted by molar-refractivity contribution is 5.89. The molecule has 160 valence electrons. The number of hydrogen-bond donors (Lipinski definition) is 1. The Bertz CT molecular complexity index is 1030. The van der Waals surface area contributed by atoms with Gasteiger partial charge in [-0.1, -0.05) is 66.2 Å². The molecule has 1 saturated heterocycles. The van der Waals surface area contributed by atoms with Gasteiger partial charge in [-0.3, -0.25) is 4.90 Å². The predicted octanol–water partition coefficient (Wildman–Crippen LogP) is 5.38. The molecular formula is C26H28FN3O. The van der Waals surface area contributed by atoms with Crippen LogP contribution in [0.2, 0.25) is 0 Å². The molecule has 0 saturated carbocycles. The fraction of sp³-hybridized carbons (Fsp3) is 0.269. The molecule has 31 heavy (non-hydrogen) atoms. The highest BCUT2D eigenvalue weighted by Gasteiger charge is 2.28. The third-order valence-electron chi connectivity index (χ3n) is 5.90. The number of carbonyl (C=O) groups is 1. The zero-order valence-corrected chi connectivity index (χ0v) is 18.0. The number of amides is 2. The van der Waals surface area contributed by atoms with Crippen LogP contribution in [0.25, 0.3) is 0 Å². The summed E-state index contributed by atoms with van der Waals surface area (Å²) in [6.45, 7) is 6.58. The number of carbonyl (C=O) groups excluding carboxylic acids is 1. The largest absolute Gasteiger partial charge is 0.322 e. The first-order valence-corrected chi connectivity index (χ1v) is 10.7. The first-order chi connectivity index (χ1) is 15.0. The highest BCUT2D eigenvalue weighted by Crippen LogP contribution is 2.30. The van der Waals surface area contributed by atoms with Crippen molar-refractivity contribution in [2.24, 2.45) is 0 Å². The van der Waals surface area contributed by atoms with Crippen molar-refractivity contribution in [1.82, 2.24) is 9.80 Å². The molecular weight excluding hydrogens is 389 g/mol. The van der Waals surface area contributed by atoms with E-state index < -0.39 is 0 Å². The lowest BCUT2D eigenvalue weighted by molar-refractivity contribution is 0.126. The topological polar surface area (TPSA) is 35.6 Å². The van der Waals surface area contributed by atoms with E-state index in [0.717, 1.165) is 13.1 Å². The van der Waals surface area contributed by atoms with Gasteiger partial charge in [0.15, 0.2) is 0 Å². The number of anilines is 1. The maximum atomic E-state index is 13.8. The molecule has 0 aromatic heterocycles. The molecule has 3 aromatic rings. The summed E-state index contributed by atoms with van der Waals surface area (Å²) in [6.07, 6.45) is 0. The van der Waals surface area contributed by atoms with Crippen molar-refractivity contribution < 1.29 is 9.18 Å². The highest BCUT2D eigenvalue weighted by atomic mass is 19.1. The molecule has 0 radical (unpaired) electrons. The second kappa shape index (κ2) is 9.31. The monoisotopic (exact) mass is 417 g/mol. The number of benzene rings is 3. The van der Waals surface area contributed by atoms with Crippen LogP contribution >= 0.6 is 0 Å². The van der Waals surface area contributed by atoms with Gasteiger partial charge in [0.25, 0.3) is 0 Å². The average molecular weight is 418 g/mol. The smallest absolute Gasteiger partial charge is 0.321 e. The first-order valence-electron chi connectivity index (χ1n) is 10.7. The van der Waals surface area contributed by atoms with Crippen molar-refractivity contribution in [2.45, 2.75) is 19.9 Å². The van der Waals surface area contributed by atoms with Crippen molar-refractivity contribution in [1.29, 1.82) is 0 Å². The van der Waals surface area contributed by atoms with Gasteiger partial charge in [-0.15, -0.1) is 0 Å². The van der Waals surface area contributed by atoms with Crippen molar-refractivity contribution in [3.8, 4) is 0 Å². The minimum absolute atomic E-state index is 0.151. The standard InChI is InChI=1S/C26H28FN3O/c1-19-8-11-22(12-9-19)25(21-6-4-3-5-7-21)29-14-16-30(17-15-29)26(31)28-23-13-10-20(2)24(27)18-23/h3-13,18,25H,14-17H2,1-2H3,(H,28,31). The normalized spacial score (nSPS) is 15.5. The van der Waals surface area contributed by atoms with E-state index >= 15 is 0 Å². The Morgan fingerprint density at radius 2 is 1.52 bits per heavy atom. The van der Waals surface area contributed by atoms with E-state index in [0.29, 0.717) is 24.3 Å². The average Bonchev–Trinajstić information content (AvgIpc) is 2.79. The molecule has 1 aliphatic heterocycles. The quantitative estimate of drug-likeness (QED) is 0.618. The molecule has 1 heterocycles. The van der Waals surface area contributed by atoms with Crippen LogP contribution in [0, 0.1) is 19.7 Å². The Morgan fingerprint density at radius 1 is 0.871 bits per heavy atom. The molecule has 1 N–H and O–H groups in total. The van der Waals surface area contributed by atoms with Crippen LogP contribution < -0.4 is 5.32 Å². The third-order valence-corrected chi connectivity index (χ3v) is 5.90. The van der Waals surface area contributed by atoms with Crippen LogP contribution in [0.15, 0.2) is 72.8 Å². The molecule has 0 aliphatic carbocycles. The van der Waals surface area contributed by atoms with E-state index in [4.69, 9.17) is 0 Å². The number of urea groups is 1. The maximum absolute atomic E-state index is 13.8. The molecule has 5 heteroatoms. The Labute approximate surface area is 183 Å². The van der Waals surface area contributed by atoms with Gasteiger partial charge < -0.3 is 10.2 Å². The zero-order chi connectivity index (χ0) is 21.8. The number of hydrogen-bond acceptors (Lipinski definition) is 2. The second-order valence-corrected chi connectivity index (χ2v) is 8.14. The van der Waals surface area contributed by atoms with Gasteiger partial charge in [-0.2, -0.15) is 0 Å². The summed E-state index contributed by atoms with van der Waals surface area (Å²) in [4.78, 5) is 16.9. The predicted molar refractivity (Wildman–Crippen MR) is 123 cm³/mol. The number of nitrogens with zero attached hydrogens (tertiary/aromatic N) is 2. The Morgan fingerprint density at radius 3 is 2.16 bits per heavy atom. The number of rotatable bonds is 4. The molecule has 4 rings (SSSR count). The summed E-state index contributed by atoms with van der Waals surface area (Å²) in [6, 6.07) is 23.9. The molecule has 1 aliphatic rings. The Kier molecular flexibility index (Phi) is 6.33. The van der Waals surface area contributed by atoms with E-state index in [2.05, 4.69) is 65.7 Å². The molecule has 2 amide bonds. The minimum Gasteiger partial charge on any atom is -0.322 e. The summed E-state index contributed by atoms with van der Waals surface area (Å²) >= 11 is 0. The molecule has 1 unspecified atom stereocenters. The second-order valence-electron chi connectivity index (χ2n) is 8.14. The molecule has 1 fully saturated rings. The van der Waals surface area contributed by atoms with Gasteiger partial charge >= 0.3 is 6.03 Å². The summed E-state index contributed by atoms with van der Waals surface area (Å²) in [5, 5.41) is 2.82. The fourth-order valence-corrected chi connectivity index (χ4v) is 4.05. The minimum atomic E-state index is -0.313. The molecule has 0 spiro atoms. The molecule has 0 bridgehead atoms. The van der Waals surface area contributed by atoms with E-state index in [-0.39, 0.29) is 17.9 Å². The lowest BCUT2D eigenvalue weighted by atomic mass is 9.95. The fourth-order valence-electron chi connectivity index (χ4n) is 4.05. The Balaban J connectivity index is 1.45. The van der Waals surface area contributed by atoms with E-state index in [1.54, 1.807) is 24.0 Å². The maximum Gasteiger partial charge on any atom is 0.321 e. The number of halogens is 1. The van der Waals surface area contributed by atoms with Crippen LogP contribution in [0.4, 0.5) is 14.9 Å². The lowest BCUT2D eigenvalue weighted by Crippen LogP contribution is -2.51. The van der Waals surface area contributed by atoms with Crippen LogP contribution in [0.5, 0.6) is 0 Å². The van der Waals surface area contributed by atoms with Crippen LogP contribution in [0.1, 0.15) is 28.3 Å². The number of aryl methyl sites for hydroxylation is 2. The van der Waals surface area contributed by atoms with Gasteiger partial charge in [0.1, 0.15) is 5.82 Å². The van der Waals surface area contributed by atoms with E-state index in [9.17, 15) is 9.18 Å². The van der Waals surface area contributed by atoms with Gasteiger partial charge in [0.05, 0.1) is 6.04 Å². The molecule has 4 nitrogen and oxygen atoms in total. The van der Waals surface area contributed by atoms with Gasteiger partial charge in [-0.05, 0) is 42.7 Å². The van der Waals surface area contributed by atoms with Crippen LogP contribution in [-0.4, -0.2) is 42.0 Å². The number of piperazine rings is 1. The summed E-state index contributed by atoms with van der Waals surface area (Å²) in [5.41, 5.74) is 4.79. The van der Waals surface area contributed by atoms with Crippen molar-refractivity contribution in [3.05, 3.63) is 101 Å². The zero-order valence-electron chi connectivity index (χ0n) is 18.0. The third kappa shape index (κ3) is 4.94. The summed E-state index contributed by atoms with van der Waals surface area (Å²) in [5.74, 6) is -0.313. The van der Waals surface area contributed by atoms with E-state index in [1.165, 1.54) is 22.8 Å². The molecule has 3 aromatic carbocycles. The molecule has 1 atom stereocenters. The van der Waals surface area contributed by atoms with E-state index in [1.807, 2.05) is 6.07 Å². The SMILES string of the molecule is Cc1ccc(C(c2ccccc2)N2CCN(C(=O)Nc3ccc(C)c(F)c3)CC2)cc1. The first kappa shape index (κ1) is 21.1. The van der Waals surface area contributed by atoms with Crippen molar-refractivity contribution in [3.63, 3.8) is 0 Å². The van der Waals surface area contributed by atoms with Crippen LogP contribution in [-0.2, 0) is 0 Å². The van der Waals surface area contributed by atoms with Gasteiger partial charge in [0.2, 0.25) is 0 Å². The van der Waals surface area contributed by atoms with Crippen molar-refractivity contribution in [2.75, 3.05) is 31.5 Å². The van der Waals surface area contributed by atoms with Gasteiger partial charge in [0, 0.05) is 31.9 Å². The summed E-state index contributed by atoms with van der Waals surface area (Å²) < 4.78 is 13.8. The van der Waals surface area contributed by atoms with Crippen LogP contribution in [0.3, 0.4) is 0 Å². The van der Waals surface area contributed by atoms with Gasteiger partial charge in [-0.25, -0.2) is 9.18 Å². The lowest BCUT2D eigenvalue weighted by Gasteiger charge is -2.39.